The number of hydrogen-bond acceptors (Lipinski definition) is 6. The smallest absolute Gasteiger partial charge is 0.285 e. The molecule has 0 unspecified atom stereocenters. The molecule has 0 aliphatic heterocycles. The van der Waals surface area contributed by atoms with Gasteiger partial charge >= 0.3 is 0 Å². The number of amides is 1. The van der Waals surface area contributed by atoms with E-state index in [0.717, 1.165) is 41.6 Å². The van der Waals surface area contributed by atoms with E-state index in [1.165, 1.54) is 16.2 Å². The normalized spacial score (nSPS) is 11.4. The first-order valence-corrected chi connectivity index (χ1v) is 11.2. The van der Waals surface area contributed by atoms with Gasteiger partial charge in [0.25, 0.3) is 5.91 Å². The van der Waals surface area contributed by atoms with Crippen LogP contribution in [0.3, 0.4) is 0 Å². The van der Waals surface area contributed by atoms with Gasteiger partial charge in [-0.25, -0.2) is 9.97 Å². The summed E-state index contributed by atoms with van der Waals surface area (Å²) >= 11 is 4.65. The number of benzene rings is 2. The topological polar surface area (TPSA) is 54.9 Å². The lowest BCUT2D eigenvalue weighted by atomic mass is 10.1. The Labute approximate surface area is 173 Å². The summed E-state index contributed by atoms with van der Waals surface area (Å²) in [6.45, 7) is 4.16. The zero-order valence-electron chi connectivity index (χ0n) is 15.1. The van der Waals surface area contributed by atoms with Crippen molar-refractivity contribution in [1.82, 2.24) is 9.97 Å². The second kappa shape index (κ2) is 6.77. The van der Waals surface area contributed by atoms with Crippen LogP contribution in [0.15, 0.2) is 48.5 Å². The summed E-state index contributed by atoms with van der Waals surface area (Å²) in [5, 5.41) is 5.32. The van der Waals surface area contributed by atoms with Crippen molar-refractivity contribution in [1.29, 1.82) is 0 Å². The summed E-state index contributed by atoms with van der Waals surface area (Å²) in [5.41, 5.74) is 4.00. The maximum atomic E-state index is 12.9. The highest BCUT2D eigenvalue weighted by Crippen LogP contribution is 2.43. The number of thiophene rings is 1. The second-order valence-electron chi connectivity index (χ2n) is 6.41. The molecule has 5 rings (SSSR count). The van der Waals surface area contributed by atoms with Gasteiger partial charge in [0.05, 0.1) is 20.4 Å². The molecule has 0 bridgehead atoms. The molecule has 28 heavy (non-hydrogen) atoms. The van der Waals surface area contributed by atoms with Crippen molar-refractivity contribution in [3.05, 3.63) is 64.0 Å². The van der Waals surface area contributed by atoms with Crippen molar-refractivity contribution in [2.75, 3.05) is 5.32 Å². The van der Waals surface area contributed by atoms with Crippen LogP contribution in [0.5, 0.6) is 0 Å². The molecule has 0 aliphatic carbocycles. The number of aryl methyl sites for hydroxylation is 1. The number of nitrogens with one attached hydrogen (secondary N) is 1. The average molecular weight is 422 g/mol. The number of aromatic nitrogens is 2. The number of hydrogen-bond donors (Lipinski definition) is 1. The molecule has 1 N–H and O–H groups in total. The second-order valence-corrected chi connectivity index (χ2v) is 9.70. The van der Waals surface area contributed by atoms with Crippen LogP contribution >= 0.6 is 34.0 Å². The van der Waals surface area contributed by atoms with Crippen LogP contribution in [0.4, 0.5) is 5.00 Å². The summed E-state index contributed by atoms with van der Waals surface area (Å²) in [7, 11) is 0. The molecule has 3 heterocycles. The van der Waals surface area contributed by atoms with Crippen molar-refractivity contribution in [3.8, 4) is 10.6 Å². The minimum Gasteiger partial charge on any atom is -0.311 e. The summed E-state index contributed by atoms with van der Waals surface area (Å²) in [5.74, 6) is -0.176. The lowest BCUT2D eigenvalue weighted by Gasteiger charge is -2.03. The molecule has 5 aromatic rings. The van der Waals surface area contributed by atoms with Gasteiger partial charge in [0, 0.05) is 10.4 Å². The van der Waals surface area contributed by atoms with Gasteiger partial charge in [-0.2, -0.15) is 0 Å². The Bertz CT molecular complexity index is 1280. The Morgan fingerprint density at radius 1 is 0.857 bits per heavy atom. The highest BCUT2D eigenvalue weighted by Gasteiger charge is 2.21. The first kappa shape index (κ1) is 17.5. The molecular formula is C21H15N3OS3. The number of thiazole rings is 2. The third-order valence-electron chi connectivity index (χ3n) is 4.61. The highest BCUT2D eigenvalue weighted by atomic mass is 32.1. The van der Waals surface area contributed by atoms with Crippen LogP contribution < -0.4 is 5.32 Å². The number of anilines is 1. The van der Waals surface area contributed by atoms with Gasteiger partial charge in [-0.1, -0.05) is 24.3 Å². The number of rotatable bonds is 3. The van der Waals surface area contributed by atoms with Crippen LogP contribution in [0.25, 0.3) is 31.0 Å². The summed E-state index contributed by atoms with van der Waals surface area (Å²) in [6, 6.07) is 15.9. The zero-order valence-corrected chi connectivity index (χ0v) is 17.6. The van der Waals surface area contributed by atoms with Crippen molar-refractivity contribution in [3.63, 3.8) is 0 Å². The van der Waals surface area contributed by atoms with Crippen LogP contribution in [-0.2, 0) is 0 Å². The van der Waals surface area contributed by atoms with Gasteiger partial charge in [-0.05, 0) is 43.7 Å². The Hall–Kier alpha value is -2.61. The first-order valence-electron chi connectivity index (χ1n) is 8.73. The molecule has 0 atom stereocenters. The minimum absolute atomic E-state index is 0.176. The van der Waals surface area contributed by atoms with Crippen LogP contribution in [0.2, 0.25) is 0 Å². The van der Waals surface area contributed by atoms with E-state index in [-0.39, 0.29) is 5.91 Å². The number of carbonyl (C=O) groups excluding carboxylic acids is 1. The van der Waals surface area contributed by atoms with Crippen LogP contribution in [-0.4, -0.2) is 15.9 Å². The molecular weight excluding hydrogens is 406 g/mol. The lowest BCUT2D eigenvalue weighted by molar-refractivity contribution is 0.102. The summed E-state index contributed by atoms with van der Waals surface area (Å²) < 4.78 is 2.15. The van der Waals surface area contributed by atoms with Gasteiger partial charge in [0.1, 0.15) is 10.0 Å². The molecule has 0 aliphatic rings. The van der Waals surface area contributed by atoms with Crippen LogP contribution in [0.1, 0.15) is 20.2 Å². The molecule has 0 radical (unpaired) electrons. The van der Waals surface area contributed by atoms with Gasteiger partial charge < -0.3 is 5.32 Å². The van der Waals surface area contributed by atoms with Crippen molar-refractivity contribution >= 4 is 65.4 Å². The minimum atomic E-state index is -0.176. The maximum absolute atomic E-state index is 12.9. The first-order chi connectivity index (χ1) is 13.6. The van der Waals surface area contributed by atoms with Crippen molar-refractivity contribution < 1.29 is 4.79 Å². The number of carbonyl (C=O) groups is 1. The predicted octanol–water partition coefficient (Wildman–Crippen LogP) is 6.50. The molecule has 2 aromatic carbocycles. The Morgan fingerprint density at radius 3 is 2.18 bits per heavy atom. The van der Waals surface area contributed by atoms with Crippen molar-refractivity contribution in [2.45, 2.75) is 13.8 Å². The fourth-order valence-electron chi connectivity index (χ4n) is 3.08. The van der Waals surface area contributed by atoms with E-state index in [4.69, 9.17) is 4.98 Å². The quantitative estimate of drug-likeness (QED) is 0.361. The van der Waals surface area contributed by atoms with E-state index < -0.39 is 0 Å². The standard InChI is InChI=1S/C21H15N3OS3/c1-11-12(2)26-20(17(11)19-22-13-7-3-5-9-15(13)27-19)24-18(25)21-23-14-8-4-6-10-16(14)28-21/h3-10H,1-2H3,(H,24,25). The largest absolute Gasteiger partial charge is 0.311 e. The summed E-state index contributed by atoms with van der Waals surface area (Å²) in [4.78, 5) is 23.3. The van der Waals surface area contributed by atoms with E-state index in [1.807, 2.05) is 42.5 Å². The maximum Gasteiger partial charge on any atom is 0.285 e. The van der Waals surface area contributed by atoms with Gasteiger partial charge in [-0.3, -0.25) is 4.79 Å². The number of nitrogens with zero attached hydrogens (tertiary/aromatic N) is 2. The highest BCUT2D eigenvalue weighted by molar-refractivity contribution is 7.23. The molecule has 0 spiro atoms. The fourth-order valence-corrected chi connectivity index (χ4v) is 6.13. The van der Waals surface area contributed by atoms with E-state index in [2.05, 4.69) is 30.2 Å². The average Bonchev–Trinajstić information content (AvgIpc) is 3.37. The van der Waals surface area contributed by atoms with E-state index in [9.17, 15) is 4.79 Å². The number of fused-ring (bicyclic) bond motifs is 2. The lowest BCUT2D eigenvalue weighted by Crippen LogP contribution is -2.11. The van der Waals surface area contributed by atoms with Gasteiger partial charge in [-0.15, -0.1) is 34.0 Å². The molecule has 3 aromatic heterocycles. The Morgan fingerprint density at radius 2 is 1.50 bits per heavy atom. The van der Waals surface area contributed by atoms with Crippen LogP contribution in [0, 0.1) is 13.8 Å². The molecule has 4 nitrogen and oxygen atoms in total. The molecule has 0 saturated heterocycles. The molecule has 0 saturated carbocycles. The number of para-hydroxylation sites is 2. The third-order valence-corrected chi connectivity index (χ3v) is 7.82. The van der Waals surface area contributed by atoms with E-state index >= 15 is 0 Å². The predicted molar refractivity (Wildman–Crippen MR) is 120 cm³/mol. The summed E-state index contributed by atoms with van der Waals surface area (Å²) in [6.07, 6.45) is 0. The van der Waals surface area contributed by atoms with Crippen molar-refractivity contribution in [2.24, 2.45) is 0 Å². The SMILES string of the molecule is Cc1sc(NC(=O)c2nc3ccccc3s2)c(-c2nc3ccccc3s2)c1C. The fraction of sp³-hybridized carbons (Fsp3) is 0.0952. The Balaban J connectivity index is 1.55. The molecule has 0 fully saturated rings. The Kier molecular flexibility index (Phi) is 4.23. The molecule has 1 amide bonds. The third kappa shape index (κ3) is 2.92. The molecule has 7 heteroatoms. The van der Waals surface area contributed by atoms with Gasteiger partial charge in [0.2, 0.25) is 0 Å². The monoisotopic (exact) mass is 421 g/mol. The molecule has 138 valence electrons. The zero-order chi connectivity index (χ0) is 19.3. The van der Waals surface area contributed by atoms with Gasteiger partial charge in [0.15, 0.2) is 5.01 Å². The van der Waals surface area contributed by atoms with E-state index in [1.54, 1.807) is 22.7 Å². The van der Waals surface area contributed by atoms with E-state index in [0.29, 0.717) is 5.01 Å².